The number of carbonyl (C=O) groups excluding carboxylic acids is 2. The summed E-state index contributed by atoms with van der Waals surface area (Å²) >= 11 is 1.70. The molecule has 0 saturated heterocycles. The van der Waals surface area contributed by atoms with Crippen molar-refractivity contribution in [1.29, 1.82) is 0 Å². The van der Waals surface area contributed by atoms with Crippen LogP contribution in [0.25, 0.3) is 12.2 Å². The van der Waals surface area contributed by atoms with E-state index >= 15 is 0 Å². The molecule has 40 heavy (non-hydrogen) atoms. The predicted molar refractivity (Wildman–Crippen MR) is 167 cm³/mol. The highest BCUT2D eigenvalue weighted by Gasteiger charge is 2.26. The average Bonchev–Trinajstić information content (AvgIpc) is 2.86. The lowest BCUT2D eigenvalue weighted by atomic mass is 9.79. The van der Waals surface area contributed by atoms with Gasteiger partial charge in [-0.05, 0) is 65.8 Å². The molecule has 2 N–H and O–H groups in total. The van der Waals surface area contributed by atoms with Gasteiger partial charge in [-0.15, -0.1) is 24.2 Å². The van der Waals surface area contributed by atoms with Crippen molar-refractivity contribution in [2.45, 2.75) is 69.9 Å². The van der Waals surface area contributed by atoms with Crippen LogP contribution in [0.3, 0.4) is 0 Å². The van der Waals surface area contributed by atoms with E-state index in [1.807, 2.05) is 36.4 Å². The monoisotopic (exact) mass is 582 g/mol. The number of rotatable bonds is 7. The first-order valence-corrected chi connectivity index (χ1v) is 14.0. The number of aromatic nitrogens is 1. The number of thioether (sulfide) groups is 1. The van der Waals surface area contributed by atoms with Gasteiger partial charge in [-0.25, -0.2) is 4.79 Å². The number of hydrogen-bond donors (Lipinski definition) is 2. The van der Waals surface area contributed by atoms with E-state index in [9.17, 15) is 14.7 Å². The Morgan fingerprint density at radius 1 is 0.950 bits per heavy atom. The van der Waals surface area contributed by atoms with Gasteiger partial charge in [-0.2, -0.15) is 0 Å². The summed E-state index contributed by atoms with van der Waals surface area (Å²) in [5.41, 5.74) is 4.65. The molecule has 0 saturated carbocycles. The maximum Gasteiger partial charge on any atom is 0.397 e. The molecule has 0 radical (unpaired) electrons. The number of phenols is 1. The number of anilines is 1. The molecule has 0 bridgehead atoms. The fraction of sp³-hybridized carbons (Fsp3) is 0.344. The van der Waals surface area contributed by atoms with Crippen LogP contribution in [-0.4, -0.2) is 28.6 Å². The Morgan fingerprint density at radius 2 is 1.57 bits per heavy atom. The zero-order valence-corrected chi connectivity index (χ0v) is 25.8. The second-order valence-electron chi connectivity index (χ2n) is 11.3. The first-order chi connectivity index (χ1) is 18.3. The summed E-state index contributed by atoms with van der Waals surface area (Å²) in [5.74, 6) is -0.639. The summed E-state index contributed by atoms with van der Waals surface area (Å²) in [6.45, 7) is 14.5. The number of ether oxygens (including phenoxy) is 1. The zero-order chi connectivity index (χ0) is 28.8. The number of halogens is 1. The van der Waals surface area contributed by atoms with Crippen LogP contribution in [-0.2, 0) is 30.9 Å². The van der Waals surface area contributed by atoms with Crippen molar-refractivity contribution in [2.24, 2.45) is 0 Å². The summed E-state index contributed by atoms with van der Waals surface area (Å²) < 4.78 is 4.73. The van der Waals surface area contributed by atoms with Gasteiger partial charge in [0.05, 0.1) is 18.0 Å². The van der Waals surface area contributed by atoms with Crippen molar-refractivity contribution in [3.63, 3.8) is 0 Å². The summed E-state index contributed by atoms with van der Waals surface area (Å²) in [7, 11) is 0. The molecule has 8 heteroatoms. The van der Waals surface area contributed by atoms with Gasteiger partial charge >= 0.3 is 11.9 Å². The fourth-order valence-corrected chi connectivity index (χ4v) is 4.82. The van der Waals surface area contributed by atoms with Crippen molar-refractivity contribution in [3.05, 3.63) is 82.7 Å². The van der Waals surface area contributed by atoms with E-state index < -0.39 is 11.9 Å². The second kappa shape index (κ2) is 13.9. The van der Waals surface area contributed by atoms with Crippen LogP contribution in [0.15, 0.2) is 59.5 Å². The number of hydrogen-bond acceptors (Lipinski definition) is 6. The number of aromatic hydroxyl groups is 1. The highest BCUT2D eigenvalue weighted by molar-refractivity contribution is 7.98. The van der Waals surface area contributed by atoms with E-state index in [1.165, 1.54) is 0 Å². The van der Waals surface area contributed by atoms with Crippen LogP contribution in [0, 0.1) is 0 Å². The zero-order valence-electron chi connectivity index (χ0n) is 24.2. The summed E-state index contributed by atoms with van der Waals surface area (Å²) in [6.07, 6.45) is 3.82. The maximum atomic E-state index is 11.9. The Labute approximate surface area is 248 Å². The summed E-state index contributed by atoms with van der Waals surface area (Å²) in [4.78, 5) is 29.4. The number of amides is 1. The highest BCUT2D eigenvalue weighted by atomic mass is 35.5. The number of pyridine rings is 1. The first kappa shape index (κ1) is 32.9. The molecule has 0 aliphatic rings. The molecule has 214 valence electrons. The molecule has 1 aromatic heterocycles. The van der Waals surface area contributed by atoms with Crippen LogP contribution < -0.4 is 5.32 Å². The molecule has 0 fully saturated rings. The molecule has 0 aliphatic carbocycles. The number of esters is 1. The number of nitrogens with zero attached hydrogens (tertiary/aromatic N) is 1. The molecule has 3 aromatic rings. The van der Waals surface area contributed by atoms with E-state index in [0.29, 0.717) is 17.2 Å². The molecule has 3 rings (SSSR count). The molecule has 0 atom stereocenters. The average molecular weight is 583 g/mol. The van der Waals surface area contributed by atoms with Crippen molar-refractivity contribution in [3.8, 4) is 5.75 Å². The topological polar surface area (TPSA) is 88.5 Å². The minimum atomic E-state index is -0.908. The Kier molecular flexibility index (Phi) is 11.4. The summed E-state index contributed by atoms with van der Waals surface area (Å²) in [5, 5.41) is 13.5. The first-order valence-electron chi connectivity index (χ1n) is 13.0. The Balaban J connectivity index is 0.00000560. The van der Waals surface area contributed by atoms with Gasteiger partial charge in [0.25, 0.3) is 0 Å². The van der Waals surface area contributed by atoms with E-state index in [-0.39, 0.29) is 29.8 Å². The Bertz CT molecular complexity index is 1340. The van der Waals surface area contributed by atoms with Gasteiger partial charge in [-0.1, -0.05) is 65.8 Å². The van der Waals surface area contributed by atoms with Gasteiger partial charge in [0.2, 0.25) is 0 Å². The largest absolute Gasteiger partial charge is 0.507 e. The number of phenolic OH excluding ortho intramolecular Hbond substituents is 1. The number of nitrogens with one attached hydrogen (secondary N) is 1. The SMILES string of the molecule is CCOC(=O)C(=O)Nc1cccc(/C=C/c2cccc(CSc3cc(C(C)(C)C)c(O)c(C(C)(C)C)c3)n2)c1.Cl. The van der Waals surface area contributed by atoms with Gasteiger partial charge in [0, 0.05) is 27.5 Å². The molecule has 0 aliphatic heterocycles. The third-order valence-corrected chi connectivity index (χ3v) is 6.98. The maximum absolute atomic E-state index is 11.9. The van der Waals surface area contributed by atoms with Crippen LogP contribution in [0.2, 0.25) is 0 Å². The molecule has 6 nitrogen and oxygen atoms in total. The molecule has 1 heterocycles. The van der Waals surface area contributed by atoms with E-state index in [4.69, 9.17) is 9.72 Å². The van der Waals surface area contributed by atoms with Crippen molar-refractivity contribution in [2.75, 3.05) is 11.9 Å². The van der Waals surface area contributed by atoms with Crippen LogP contribution in [0.4, 0.5) is 5.69 Å². The standard InChI is InChI=1S/C32H38N2O4S.ClH/c1-8-38-30(37)29(36)34-23-13-9-11-21(17-23)15-16-22-12-10-14-24(33-22)20-39-25-18-26(31(2,3)4)28(35)27(19-25)32(5,6)7;/h9-19,35H,8,20H2,1-7H3,(H,34,36);1H/b16-15+;. The number of carbonyl (C=O) groups is 2. The Hall–Kier alpha value is -3.29. The Morgan fingerprint density at radius 3 is 2.17 bits per heavy atom. The second-order valence-corrected chi connectivity index (χ2v) is 12.4. The molecule has 0 unspecified atom stereocenters. The number of benzene rings is 2. The van der Waals surface area contributed by atoms with Gasteiger partial charge < -0.3 is 15.2 Å². The third-order valence-electron chi connectivity index (χ3n) is 5.97. The molecule has 2 aromatic carbocycles. The minimum absolute atomic E-state index is 0. The van der Waals surface area contributed by atoms with E-state index in [1.54, 1.807) is 36.9 Å². The quantitative estimate of drug-likeness (QED) is 0.168. The van der Waals surface area contributed by atoms with E-state index in [0.717, 1.165) is 33.0 Å². The fourth-order valence-electron chi connectivity index (χ4n) is 3.94. The molecule has 0 spiro atoms. The molecule has 1 amide bonds. The highest BCUT2D eigenvalue weighted by Crippen LogP contribution is 2.42. The van der Waals surface area contributed by atoms with Crippen molar-refractivity contribution < 1.29 is 19.4 Å². The van der Waals surface area contributed by atoms with Crippen LogP contribution in [0.1, 0.15) is 76.5 Å². The summed E-state index contributed by atoms with van der Waals surface area (Å²) in [6, 6.07) is 17.3. The lowest BCUT2D eigenvalue weighted by Gasteiger charge is -2.28. The lowest BCUT2D eigenvalue weighted by Crippen LogP contribution is -2.24. The van der Waals surface area contributed by atoms with E-state index in [2.05, 4.69) is 59.0 Å². The lowest BCUT2D eigenvalue weighted by molar-refractivity contribution is -0.152. The van der Waals surface area contributed by atoms with Crippen molar-refractivity contribution in [1.82, 2.24) is 4.98 Å². The van der Waals surface area contributed by atoms with Gasteiger partial charge in [0.1, 0.15) is 5.75 Å². The molecular weight excluding hydrogens is 544 g/mol. The van der Waals surface area contributed by atoms with Gasteiger partial charge in [0.15, 0.2) is 0 Å². The van der Waals surface area contributed by atoms with Crippen LogP contribution in [0.5, 0.6) is 5.75 Å². The normalized spacial score (nSPS) is 11.7. The van der Waals surface area contributed by atoms with Gasteiger partial charge in [-0.3, -0.25) is 9.78 Å². The smallest absolute Gasteiger partial charge is 0.397 e. The van der Waals surface area contributed by atoms with Crippen LogP contribution >= 0.6 is 24.2 Å². The third kappa shape index (κ3) is 9.14. The molecular formula is C32H39ClN2O4S. The minimum Gasteiger partial charge on any atom is -0.507 e. The predicted octanol–water partition coefficient (Wildman–Crippen LogP) is 7.77. The van der Waals surface area contributed by atoms with Crippen molar-refractivity contribution >= 4 is 53.9 Å².